The van der Waals surface area contributed by atoms with Crippen molar-refractivity contribution in [3.8, 4) is 0 Å². The molecule has 0 spiro atoms. The molecule has 2 aromatic rings. The molecule has 23 heavy (non-hydrogen) atoms. The monoisotopic (exact) mass is 332 g/mol. The number of thiophene rings is 1. The molecule has 0 saturated carbocycles. The van der Waals surface area contributed by atoms with Crippen molar-refractivity contribution >= 4 is 11.3 Å². The van der Waals surface area contributed by atoms with Gasteiger partial charge in [0.15, 0.2) is 0 Å². The average Bonchev–Trinajstić information content (AvgIpc) is 3.21. The Morgan fingerprint density at radius 3 is 3.00 bits per heavy atom. The van der Waals surface area contributed by atoms with Crippen LogP contribution in [0.2, 0.25) is 0 Å². The lowest BCUT2D eigenvalue weighted by molar-refractivity contribution is -0.00131. The minimum atomic E-state index is 0.268. The number of ether oxygens (including phenoxy) is 2. The van der Waals surface area contributed by atoms with Crippen LogP contribution in [0.25, 0.3) is 0 Å². The summed E-state index contributed by atoms with van der Waals surface area (Å²) in [6.45, 7) is 3.40. The molecule has 2 aromatic heterocycles. The maximum absolute atomic E-state index is 6.09. The molecule has 0 amide bonds. The van der Waals surface area contributed by atoms with Crippen LogP contribution >= 0.6 is 11.3 Å². The van der Waals surface area contributed by atoms with Gasteiger partial charge in [-0.2, -0.15) is 11.3 Å². The molecule has 0 bridgehead atoms. The molecule has 0 N–H and O–H groups in total. The molecular formula is C18H24N2O2S. The summed E-state index contributed by atoms with van der Waals surface area (Å²) in [5.41, 5.74) is 2.67. The van der Waals surface area contributed by atoms with Crippen molar-refractivity contribution in [2.24, 2.45) is 0 Å². The smallest absolute Gasteiger partial charge is 0.0746 e. The Labute approximate surface area is 142 Å². The van der Waals surface area contributed by atoms with Crippen molar-refractivity contribution in [3.05, 3.63) is 52.5 Å². The summed E-state index contributed by atoms with van der Waals surface area (Å²) in [6.07, 6.45) is 6.12. The summed E-state index contributed by atoms with van der Waals surface area (Å²) >= 11 is 1.76. The van der Waals surface area contributed by atoms with Gasteiger partial charge in [0.25, 0.3) is 0 Å². The summed E-state index contributed by atoms with van der Waals surface area (Å²) < 4.78 is 11.2. The predicted octanol–water partition coefficient (Wildman–Crippen LogP) is 2.99. The predicted molar refractivity (Wildman–Crippen MR) is 92.7 cm³/mol. The van der Waals surface area contributed by atoms with E-state index in [0.717, 1.165) is 25.9 Å². The van der Waals surface area contributed by atoms with Crippen molar-refractivity contribution in [2.45, 2.75) is 31.5 Å². The number of pyridine rings is 1. The molecule has 3 heterocycles. The Morgan fingerprint density at radius 1 is 1.30 bits per heavy atom. The molecule has 5 heteroatoms. The van der Waals surface area contributed by atoms with Gasteiger partial charge in [-0.15, -0.1) is 0 Å². The van der Waals surface area contributed by atoms with Gasteiger partial charge in [0, 0.05) is 38.6 Å². The second-order valence-corrected chi connectivity index (χ2v) is 6.71. The van der Waals surface area contributed by atoms with Crippen molar-refractivity contribution in [1.29, 1.82) is 0 Å². The van der Waals surface area contributed by atoms with Gasteiger partial charge in [-0.1, -0.05) is 6.07 Å². The van der Waals surface area contributed by atoms with E-state index >= 15 is 0 Å². The number of nitrogens with zero attached hydrogens (tertiary/aromatic N) is 2. The van der Waals surface area contributed by atoms with Gasteiger partial charge in [0.2, 0.25) is 0 Å². The van der Waals surface area contributed by atoms with Crippen LogP contribution in [-0.2, 0) is 22.4 Å². The summed E-state index contributed by atoms with van der Waals surface area (Å²) in [7, 11) is 1.72. The van der Waals surface area contributed by atoms with E-state index in [1.165, 1.54) is 11.1 Å². The van der Waals surface area contributed by atoms with E-state index in [9.17, 15) is 0 Å². The fourth-order valence-electron chi connectivity index (χ4n) is 3.20. The Hall–Kier alpha value is -1.27. The summed E-state index contributed by atoms with van der Waals surface area (Å²) in [6, 6.07) is 6.77. The minimum absolute atomic E-state index is 0.268. The van der Waals surface area contributed by atoms with Crippen LogP contribution in [0.1, 0.15) is 17.5 Å². The molecule has 0 aliphatic carbocycles. The van der Waals surface area contributed by atoms with Crippen LogP contribution in [0, 0.1) is 0 Å². The first-order valence-corrected chi connectivity index (χ1v) is 9.05. The number of hydrogen-bond donors (Lipinski definition) is 0. The van der Waals surface area contributed by atoms with Crippen molar-refractivity contribution in [1.82, 2.24) is 9.88 Å². The molecule has 0 aromatic carbocycles. The van der Waals surface area contributed by atoms with Crippen LogP contribution in [0.4, 0.5) is 0 Å². The van der Waals surface area contributed by atoms with E-state index < -0.39 is 0 Å². The zero-order valence-corrected chi connectivity index (χ0v) is 14.4. The Morgan fingerprint density at radius 2 is 2.26 bits per heavy atom. The highest BCUT2D eigenvalue weighted by Gasteiger charge is 2.34. The number of hydrogen-bond acceptors (Lipinski definition) is 5. The van der Waals surface area contributed by atoms with Crippen molar-refractivity contribution < 1.29 is 9.47 Å². The summed E-state index contributed by atoms with van der Waals surface area (Å²) in [4.78, 5) is 6.80. The molecule has 4 nitrogen and oxygen atoms in total. The van der Waals surface area contributed by atoms with E-state index in [4.69, 9.17) is 9.47 Å². The fraction of sp³-hybridized carbons (Fsp3) is 0.500. The highest BCUT2D eigenvalue weighted by molar-refractivity contribution is 7.07. The lowest BCUT2D eigenvalue weighted by Gasteiger charge is -2.28. The molecular weight excluding hydrogens is 308 g/mol. The molecule has 1 fully saturated rings. The van der Waals surface area contributed by atoms with E-state index in [1.54, 1.807) is 18.4 Å². The van der Waals surface area contributed by atoms with Crippen LogP contribution in [-0.4, -0.2) is 48.9 Å². The summed E-state index contributed by atoms with van der Waals surface area (Å²) in [5.74, 6) is 0. The van der Waals surface area contributed by atoms with Gasteiger partial charge in [-0.25, -0.2) is 0 Å². The first-order valence-electron chi connectivity index (χ1n) is 8.11. The molecule has 124 valence electrons. The Balaban J connectivity index is 1.67. The molecule has 1 aliphatic heterocycles. The van der Waals surface area contributed by atoms with E-state index in [2.05, 4.69) is 32.8 Å². The second kappa shape index (κ2) is 8.55. The Kier molecular flexibility index (Phi) is 6.16. The molecule has 1 aliphatic rings. The third-order valence-corrected chi connectivity index (χ3v) is 5.08. The maximum Gasteiger partial charge on any atom is 0.0746 e. The van der Waals surface area contributed by atoms with E-state index in [0.29, 0.717) is 19.3 Å². The third-order valence-electron chi connectivity index (χ3n) is 4.35. The lowest BCUT2D eigenvalue weighted by Crippen LogP contribution is -2.38. The van der Waals surface area contributed by atoms with E-state index in [1.807, 2.05) is 18.5 Å². The second-order valence-electron chi connectivity index (χ2n) is 5.93. The van der Waals surface area contributed by atoms with Crippen molar-refractivity contribution in [3.63, 3.8) is 0 Å². The van der Waals surface area contributed by atoms with Crippen LogP contribution in [0.3, 0.4) is 0 Å². The molecule has 0 unspecified atom stereocenters. The average molecular weight is 332 g/mol. The molecule has 1 saturated heterocycles. The van der Waals surface area contributed by atoms with Gasteiger partial charge in [0.05, 0.1) is 19.3 Å². The first kappa shape index (κ1) is 16.6. The number of rotatable bonds is 8. The molecule has 3 rings (SSSR count). The van der Waals surface area contributed by atoms with Gasteiger partial charge >= 0.3 is 0 Å². The normalized spacial score (nSPS) is 21.8. The number of aromatic nitrogens is 1. The quantitative estimate of drug-likeness (QED) is 0.696. The highest BCUT2D eigenvalue weighted by atomic mass is 32.1. The maximum atomic E-state index is 6.09. The largest absolute Gasteiger partial charge is 0.382 e. The highest BCUT2D eigenvalue weighted by Crippen LogP contribution is 2.26. The zero-order valence-electron chi connectivity index (χ0n) is 13.6. The van der Waals surface area contributed by atoms with Crippen LogP contribution in [0.5, 0.6) is 0 Å². The van der Waals surface area contributed by atoms with E-state index in [-0.39, 0.29) is 6.10 Å². The SMILES string of the molecule is COCCO[C@@H]1CCN(Cc2ccsc2)[C@@H]1Cc1cccnc1. The number of likely N-dealkylation sites (tertiary alicyclic amines) is 1. The minimum Gasteiger partial charge on any atom is -0.382 e. The topological polar surface area (TPSA) is 34.6 Å². The van der Waals surface area contributed by atoms with Gasteiger partial charge in [-0.3, -0.25) is 9.88 Å². The van der Waals surface area contributed by atoms with Crippen LogP contribution < -0.4 is 0 Å². The fourth-order valence-corrected chi connectivity index (χ4v) is 3.86. The standard InChI is InChI=1S/C18H24N2O2S/c1-21-8-9-22-18-4-7-20(13-16-5-10-23-14-16)17(18)11-15-3-2-6-19-12-15/h2-3,5-6,10,12,14,17-18H,4,7-9,11,13H2,1H3/t17-,18-/m1/s1. The lowest BCUT2D eigenvalue weighted by atomic mass is 10.0. The third kappa shape index (κ3) is 4.61. The first-order chi connectivity index (χ1) is 11.4. The van der Waals surface area contributed by atoms with Crippen LogP contribution in [0.15, 0.2) is 41.4 Å². The summed E-state index contributed by atoms with van der Waals surface area (Å²) in [5, 5.41) is 4.38. The zero-order chi connectivity index (χ0) is 15.9. The van der Waals surface area contributed by atoms with Crippen molar-refractivity contribution in [2.75, 3.05) is 26.9 Å². The van der Waals surface area contributed by atoms with Gasteiger partial charge in [0.1, 0.15) is 0 Å². The molecule has 2 atom stereocenters. The van der Waals surface area contributed by atoms with Gasteiger partial charge in [-0.05, 0) is 46.9 Å². The number of methoxy groups -OCH3 is 1. The molecule has 0 radical (unpaired) electrons. The van der Waals surface area contributed by atoms with Gasteiger partial charge < -0.3 is 9.47 Å². The Bertz CT molecular complexity index is 562.